The van der Waals surface area contributed by atoms with Crippen molar-refractivity contribution in [1.82, 2.24) is 19.2 Å². The Morgan fingerprint density at radius 3 is 2.70 bits per heavy atom. The van der Waals surface area contributed by atoms with Gasteiger partial charge in [-0.05, 0) is 49.9 Å². The van der Waals surface area contributed by atoms with E-state index in [1.165, 1.54) is 28.3 Å². The van der Waals surface area contributed by atoms with Gasteiger partial charge in [-0.25, -0.2) is 18.9 Å². The van der Waals surface area contributed by atoms with Gasteiger partial charge in [-0.3, -0.25) is 4.79 Å². The molecule has 0 atom stereocenters. The van der Waals surface area contributed by atoms with Crippen LogP contribution in [-0.2, 0) is 11.3 Å². The molecule has 1 amide bonds. The molecule has 8 nitrogen and oxygen atoms in total. The number of hydrogen-bond acceptors (Lipinski definition) is 5. The van der Waals surface area contributed by atoms with E-state index in [1.54, 1.807) is 12.4 Å². The predicted molar refractivity (Wildman–Crippen MR) is 117 cm³/mol. The number of nitrogens with zero attached hydrogens (tertiary/aromatic N) is 5. The number of carbonyl (C=O) groups excluding carboxylic acids is 1. The highest BCUT2D eigenvalue weighted by atomic mass is 16.2. The van der Waals surface area contributed by atoms with Crippen molar-refractivity contribution in [2.75, 3.05) is 17.3 Å². The molecular formula is C22H28N6O2. The van der Waals surface area contributed by atoms with Gasteiger partial charge in [-0.15, -0.1) is 5.10 Å². The quantitative estimate of drug-likeness (QED) is 0.702. The Morgan fingerprint density at radius 1 is 1.20 bits per heavy atom. The molecule has 0 saturated heterocycles. The fraction of sp³-hybridized carbons (Fsp3) is 0.455. The molecule has 8 heteroatoms. The molecule has 1 aliphatic carbocycles. The third kappa shape index (κ3) is 3.94. The van der Waals surface area contributed by atoms with Gasteiger partial charge in [0.05, 0.1) is 0 Å². The molecule has 3 aromatic rings. The number of aromatic nitrogens is 4. The van der Waals surface area contributed by atoms with E-state index >= 15 is 0 Å². The van der Waals surface area contributed by atoms with E-state index < -0.39 is 0 Å². The van der Waals surface area contributed by atoms with Gasteiger partial charge in [0, 0.05) is 31.2 Å². The molecule has 1 aliphatic rings. The molecule has 0 spiro atoms. The van der Waals surface area contributed by atoms with Crippen LogP contribution in [0.1, 0.15) is 43.2 Å². The molecule has 1 saturated carbocycles. The van der Waals surface area contributed by atoms with Crippen LogP contribution in [0.15, 0.2) is 35.4 Å². The Balaban J connectivity index is 1.57. The van der Waals surface area contributed by atoms with E-state index in [9.17, 15) is 9.59 Å². The Hall–Kier alpha value is -3.16. The highest BCUT2D eigenvalue weighted by Gasteiger charge is 2.23. The molecule has 2 heterocycles. The largest absolute Gasteiger partial charge is 0.354 e. The van der Waals surface area contributed by atoms with Gasteiger partial charge in [0.25, 0.3) is 0 Å². The SMILES string of the molecule is Cc1ccc(NC(=O)Cn2nc3c(N(C)C4CCCCC4)nccn3c2=O)cc1C. The summed E-state index contributed by atoms with van der Waals surface area (Å²) in [4.78, 5) is 31.9. The highest BCUT2D eigenvalue weighted by molar-refractivity contribution is 5.90. The molecule has 0 radical (unpaired) electrons. The standard InChI is InChI=1S/C22H28N6O2/c1-15-9-10-17(13-16(15)2)24-19(29)14-28-22(30)27-12-11-23-20(21(27)25-28)26(3)18-7-5-4-6-8-18/h9-13,18H,4-8,14H2,1-3H3,(H,24,29). The lowest BCUT2D eigenvalue weighted by Crippen LogP contribution is -2.34. The predicted octanol–water partition coefficient (Wildman–Crippen LogP) is 2.92. The van der Waals surface area contributed by atoms with E-state index in [1.807, 2.05) is 39.1 Å². The molecule has 4 rings (SSSR count). The fourth-order valence-electron chi connectivity index (χ4n) is 4.08. The molecule has 1 aromatic carbocycles. The molecule has 158 valence electrons. The maximum Gasteiger partial charge on any atom is 0.350 e. The lowest BCUT2D eigenvalue weighted by molar-refractivity contribution is -0.117. The summed E-state index contributed by atoms with van der Waals surface area (Å²) in [6.45, 7) is 3.86. The molecule has 1 N–H and O–H groups in total. The lowest BCUT2D eigenvalue weighted by Gasteiger charge is -2.31. The van der Waals surface area contributed by atoms with Gasteiger partial charge in [-0.1, -0.05) is 25.3 Å². The number of anilines is 2. The number of carbonyl (C=O) groups is 1. The second kappa shape index (κ2) is 8.30. The average molecular weight is 409 g/mol. The zero-order valence-electron chi connectivity index (χ0n) is 17.8. The van der Waals surface area contributed by atoms with Crippen LogP contribution in [0.2, 0.25) is 0 Å². The van der Waals surface area contributed by atoms with Crippen LogP contribution in [0, 0.1) is 13.8 Å². The third-order valence-electron chi connectivity index (χ3n) is 6.02. The number of aryl methyl sites for hydroxylation is 2. The van der Waals surface area contributed by atoms with Gasteiger partial charge in [0.2, 0.25) is 11.6 Å². The van der Waals surface area contributed by atoms with E-state index in [0.29, 0.717) is 23.2 Å². The fourth-order valence-corrected chi connectivity index (χ4v) is 4.08. The van der Waals surface area contributed by atoms with Crippen LogP contribution in [-0.4, -0.2) is 38.2 Å². The van der Waals surface area contributed by atoms with Gasteiger partial charge >= 0.3 is 5.69 Å². The van der Waals surface area contributed by atoms with E-state index in [0.717, 1.165) is 24.0 Å². The second-order valence-electron chi connectivity index (χ2n) is 8.13. The zero-order chi connectivity index (χ0) is 21.3. The van der Waals surface area contributed by atoms with E-state index in [4.69, 9.17) is 0 Å². The average Bonchev–Trinajstić information content (AvgIpc) is 3.06. The molecule has 1 fully saturated rings. The second-order valence-corrected chi connectivity index (χ2v) is 8.13. The van der Waals surface area contributed by atoms with E-state index in [-0.39, 0.29) is 18.1 Å². The molecule has 0 bridgehead atoms. The van der Waals surface area contributed by atoms with Crippen molar-refractivity contribution < 1.29 is 4.79 Å². The summed E-state index contributed by atoms with van der Waals surface area (Å²) < 4.78 is 2.66. The highest BCUT2D eigenvalue weighted by Crippen LogP contribution is 2.26. The van der Waals surface area contributed by atoms with Gasteiger partial charge < -0.3 is 10.2 Å². The first-order chi connectivity index (χ1) is 14.4. The van der Waals surface area contributed by atoms with Crippen LogP contribution >= 0.6 is 0 Å². The molecule has 2 aromatic heterocycles. The first-order valence-corrected chi connectivity index (χ1v) is 10.5. The number of fused-ring (bicyclic) bond motifs is 1. The Labute approximate surface area is 175 Å². The van der Waals surface area contributed by atoms with Crippen molar-refractivity contribution in [3.63, 3.8) is 0 Å². The summed E-state index contributed by atoms with van der Waals surface area (Å²) >= 11 is 0. The summed E-state index contributed by atoms with van der Waals surface area (Å²) in [5.41, 5.74) is 3.10. The summed E-state index contributed by atoms with van der Waals surface area (Å²) in [6.07, 6.45) is 9.12. The van der Waals surface area contributed by atoms with Crippen LogP contribution in [0.25, 0.3) is 5.65 Å². The van der Waals surface area contributed by atoms with Crippen molar-refractivity contribution in [3.05, 3.63) is 52.2 Å². The van der Waals surface area contributed by atoms with Crippen LogP contribution in [0.4, 0.5) is 11.5 Å². The van der Waals surface area contributed by atoms with Crippen molar-refractivity contribution in [1.29, 1.82) is 0 Å². The molecule has 0 aliphatic heterocycles. The van der Waals surface area contributed by atoms with Crippen molar-refractivity contribution in [2.24, 2.45) is 0 Å². The van der Waals surface area contributed by atoms with Crippen LogP contribution in [0.3, 0.4) is 0 Å². The van der Waals surface area contributed by atoms with Gasteiger partial charge in [0.15, 0.2) is 5.82 Å². The number of benzene rings is 1. The number of hydrogen-bond donors (Lipinski definition) is 1. The molecular weight excluding hydrogens is 380 g/mol. The maximum atomic E-state index is 12.8. The number of amides is 1. The topological polar surface area (TPSA) is 84.5 Å². The van der Waals surface area contributed by atoms with Crippen LogP contribution in [0.5, 0.6) is 0 Å². The minimum absolute atomic E-state index is 0.153. The molecule has 0 unspecified atom stereocenters. The van der Waals surface area contributed by atoms with Gasteiger partial charge in [-0.2, -0.15) is 0 Å². The lowest BCUT2D eigenvalue weighted by atomic mass is 9.94. The third-order valence-corrected chi connectivity index (χ3v) is 6.02. The normalized spacial score (nSPS) is 14.8. The Kier molecular flexibility index (Phi) is 5.57. The Morgan fingerprint density at radius 2 is 1.97 bits per heavy atom. The van der Waals surface area contributed by atoms with Crippen molar-refractivity contribution in [3.8, 4) is 0 Å². The number of nitrogens with one attached hydrogen (secondary N) is 1. The minimum atomic E-state index is -0.346. The Bertz CT molecular complexity index is 1130. The first kappa shape index (κ1) is 20.1. The zero-order valence-corrected chi connectivity index (χ0v) is 17.8. The smallest absolute Gasteiger partial charge is 0.350 e. The first-order valence-electron chi connectivity index (χ1n) is 10.5. The van der Waals surface area contributed by atoms with Crippen molar-refractivity contribution >= 4 is 23.1 Å². The van der Waals surface area contributed by atoms with Crippen molar-refractivity contribution in [2.45, 2.75) is 58.5 Å². The van der Waals surface area contributed by atoms with Crippen LogP contribution < -0.4 is 15.9 Å². The minimum Gasteiger partial charge on any atom is -0.354 e. The summed E-state index contributed by atoms with van der Waals surface area (Å²) in [5, 5.41) is 7.29. The number of rotatable bonds is 5. The maximum absolute atomic E-state index is 12.8. The summed E-state index contributed by atoms with van der Waals surface area (Å²) in [5.74, 6) is 0.383. The summed E-state index contributed by atoms with van der Waals surface area (Å²) in [7, 11) is 2.01. The van der Waals surface area contributed by atoms with E-state index in [2.05, 4.69) is 20.3 Å². The monoisotopic (exact) mass is 408 g/mol. The summed E-state index contributed by atoms with van der Waals surface area (Å²) in [6, 6.07) is 6.13. The van der Waals surface area contributed by atoms with Gasteiger partial charge in [0.1, 0.15) is 6.54 Å². The molecule has 30 heavy (non-hydrogen) atoms.